The summed E-state index contributed by atoms with van der Waals surface area (Å²) in [5.74, 6) is 1.04. The minimum absolute atomic E-state index is 0.0891. The highest BCUT2D eigenvalue weighted by molar-refractivity contribution is 7.13. The van der Waals surface area contributed by atoms with Crippen LogP contribution in [0.2, 0.25) is 0 Å². The lowest BCUT2D eigenvalue weighted by molar-refractivity contribution is -0.123. The van der Waals surface area contributed by atoms with Crippen LogP contribution in [-0.2, 0) is 11.2 Å². The number of hydrogen-bond acceptors (Lipinski definition) is 6. The third kappa shape index (κ3) is 6.75. The van der Waals surface area contributed by atoms with E-state index in [2.05, 4.69) is 20.8 Å². The van der Waals surface area contributed by atoms with Crippen LogP contribution in [0.5, 0.6) is 0 Å². The lowest BCUT2D eigenvalue weighted by Crippen LogP contribution is -2.28. The molecule has 0 saturated carbocycles. The highest BCUT2D eigenvalue weighted by atomic mass is 32.1. The first-order valence-electron chi connectivity index (χ1n) is 10.4. The van der Waals surface area contributed by atoms with Gasteiger partial charge >= 0.3 is 0 Å². The number of aryl methyl sites for hydroxylation is 1. The van der Waals surface area contributed by atoms with Gasteiger partial charge in [0.05, 0.1) is 4.88 Å². The van der Waals surface area contributed by atoms with Crippen molar-refractivity contribution < 1.29 is 14.1 Å². The summed E-state index contributed by atoms with van der Waals surface area (Å²) in [4.78, 5) is 29.9. The van der Waals surface area contributed by atoms with Crippen molar-refractivity contribution >= 4 is 28.8 Å². The second kappa shape index (κ2) is 10.3. The first kappa shape index (κ1) is 22.7. The molecule has 2 N–H and O–H groups in total. The average molecular weight is 441 g/mol. The standard InChI is InChI=1S/C23H28N4O3S/c1-23(2,3)22(29)25-17-10-7-9-16(15-17)21(28)24-13-6-4-5-12-19-26-20(27-30-19)18-11-8-14-31-18/h7-11,14-15H,4-6,12-13H2,1-3H3,(H,24,28)(H,25,29). The number of nitrogens with zero attached hydrogens (tertiary/aromatic N) is 2. The number of hydrogen-bond donors (Lipinski definition) is 2. The van der Waals surface area contributed by atoms with Gasteiger partial charge in [-0.3, -0.25) is 9.59 Å². The molecule has 31 heavy (non-hydrogen) atoms. The van der Waals surface area contributed by atoms with E-state index in [4.69, 9.17) is 4.52 Å². The number of nitrogens with one attached hydrogen (secondary N) is 2. The molecule has 0 aliphatic rings. The molecule has 3 rings (SSSR count). The summed E-state index contributed by atoms with van der Waals surface area (Å²) in [5.41, 5.74) is 0.651. The first-order chi connectivity index (χ1) is 14.8. The SMILES string of the molecule is CC(C)(C)C(=O)Nc1cccc(C(=O)NCCCCCc2nc(-c3cccs3)no2)c1. The molecule has 2 heterocycles. The van der Waals surface area contributed by atoms with Gasteiger partial charge in [0.1, 0.15) is 0 Å². The number of carbonyl (C=O) groups is 2. The predicted octanol–water partition coefficient (Wildman–Crippen LogP) is 4.93. The molecule has 0 spiro atoms. The minimum atomic E-state index is -0.495. The lowest BCUT2D eigenvalue weighted by Gasteiger charge is -2.18. The van der Waals surface area contributed by atoms with Gasteiger partial charge in [-0.25, -0.2) is 0 Å². The summed E-state index contributed by atoms with van der Waals surface area (Å²) < 4.78 is 5.30. The third-order valence-corrected chi connectivity index (χ3v) is 5.49. The molecule has 0 aliphatic heterocycles. The molecule has 7 nitrogen and oxygen atoms in total. The van der Waals surface area contributed by atoms with Crippen molar-refractivity contribution in [1.29, 1.82) is 0 Å². The summed E-state index contributed by atoms with van der Waals surface area (Å²) >= 11 is 1.58. The molecule has 2 aromatic heterocycles. The topological polar surface area (TPSA) is 97.1 Å². The molecule has 164 valence electrons. The largest absolute Gasteiger partial charge is 0.352 e. The highest BCUT2D eigenvalue weighted by Gasteiger charge is 2.21. The molecule has 0 unspecified atom stereocenters. The van der Waals surface area contributed by atoms with Crippen molar-refractivity contribution in [1.82, 2.24) is 15.5 Å². The average Bonchev–Trinajstić information content (AvgIpc) is 3.41. The molecule has 0 saturated heterocycles. The van der Waals surface area contributed by atoms with Gasteiger partial charge in [-0.1, -0.05) is 44.5 Å². The smallest absolute Gasteiger partial charge is 0.251 e. The normalized spacial score (nSPS) is 11.3. The van der Waals surface area contributed by atoms with Crippen LogP contribution in [0.25, 0.3) is 10.7 Å². The van der Waals surface area contributed by atoms with Crippen LogP contribution < -0.4 is 10.6 Å². The number of thiophene rings is 1. The number of rotatable bonds is 9. The number of unbranched alkanes of at least 4 members (excludes halogenated alkanes) is 2. The lowest BCUT2D eigenvalue weighted by atomic mass is 9.95. The summed E-state index contributed by atoms with van der Waals surface area (Å²) in [6, 6.07) is 10.9. The fourth-order valence-corrected chi connectivity index (χ4v) is 3.45. The Morgan fingerprint density at radius 1 is 1.10 bits per heavy atom. The van der Waals surface area contributed by atoms with Crippen molar-refractivity contribution in [3.63, 3.8) is 0 Å². The zero-order chi connectivity index (χ0) is 22.3. The van der Waals surface area contributed by atoms with Crippen LogP contribution in [0.15, 0.2) is 46.3 Å². The molecular formula is C23H28N4O3S. The molecule has 0 radical (unpaired) electrons. The monoisotopic (exact) mass is 440 g/mol. The van der Waals surface area contributed by atoms with Crippen LogP contribution in [0, 0.1) is 5.41 Å². The van der Waals surface area contributed by atoms with Crippen LogP contribution in [0.1, 0.15) is 56.3 Å². The summed E-state index contributed by atoms with van der Waals surface area (Å²) in [7, 11) is 0. The summed E-state index contributed by atoms with van der Waals surface area (Å²) in [5, 5.41) is 11.8. The Labute approximate surface area is 186 Å². The third-order valence-electron chi connectivity index (χ3n) is 4.63. The van der Waals surface area contributed by atoms with E-state index in [-0.39, 0.29) is 11.8 Å². The van der Waals surface area contributed by atoms with Crippen molar-refractivity contribution in [2.24, 2.45) is 5.41 Å². The van der Waals surface area contributed by atoms with Gasteiger partial charge in [-0.05, 0) is 42.5 Å². The molecule has 3 aromatic rings. The van der Waals surface area contributed by atoms with Crippen LogP contribution in [-0.4, -0.2) is 28.5 Å². The van der Waals surface area contributed by atoms with E-state index >= 15 is 0 Å². The Hall–Kier alpha value is -3.00. The van der Waals surface area contributed by atoms with Gasteiger partial charge in [-0.2, -0.15) is 4.98 Å². The Balaban J connectivity index is 1.37. The van der Waals surface area contributed by atoms with Crippen molar-refractivity contribution in [2.45, 2.75) is 46.5 Å². The Morgan fingerprint density at radius 3 is 2.68 bits per heavy atom. The quantitative estimate of drug-likeness (QED) is 0.460. The van der Waals surface area contributed by atoms with Gasteiger partial charge in [0.15, 0.2) is 0 Å². The number of carbonyl (C=O) groups excluding carboxylic acids is 2. The van der Waals surface area contributed by atoms with Gasteiger partial charge in [0.2, 0.25) is 17.6 Å². The van der Waals surface area contributed by atoms with E-state index in [1.54, 1.807) is 35.6 Å². The fraction of sp³-hybridized carbons (Fsp3) is 0.391. The number of anilines is 1. The van der Waals surface area contributed by atoms with Crippen LogP contribution in [0.4, 0.5) is 5.69 Å². The second-order valence-corrected chi connectivity index (χ2v) is 9.29. The minimum Gasteiger partial charge on any atom is -0.352 e. The van der Waals surface area contributed by atoms with E-state index in [1.165, 1.54) is 0 Å². The van der Waals surface area contributed by atoms with Crippen LogP contribution in [0.3, 0.4) is 0 Å². The van der Waals surface area contributed by atoms with Crippen LogP contribution >= 0.6 is 11.3 Å². The van der Waals surface area contributed by atoms with E-state index in [0.29, 0.717) is 29.5 Å². The summed E-state index contributed by atoms with van der Waals surface area (Å²) in [6.45, 7) is 6.13. The maximum Gasteiger partial charge on any atom is 0.251 e. The van der Waals surface area contributed by atoms with Gasteiger partial charge < -0.3 is 15.2 Å². The summed E-state index contributed by atoms with van der Waals surface area (Å²) in [6.07, 6.45) is 3.44. The molecular weight excluding hydrogens is 412 g/mol. The van der Waals surface area contributed by atoms with Crippen molar-refractivity contribution in [3.05, 3.63) is 53.2 Å². The second-order valence-electron chi connectivity index (χ2n) is 8.34. The molecule has 0 bridgehead atoms. The molecule has 2 amide bonds. The maximum atomic E-state index is 12.4. The first-order valence-corrected chi connectivity index (χ1v) is 11.3. The van der Waals surface area contributed by atoms with E-state index in [0.717, 1.165) is 30.6 Å². The number of aromatic nitrogens is 2. The molecule has 8 heteroatoms. The molecule has 0 fully saturated rings. The maximum absolute atomic E-state index is 12.4. The van der Waals surface area contributed by atoms with E-state index in [9.17, 15) is 9.59 Å². The zero-order valence-corrected chi connectivity index (χ0v) is 18.9. The fourth-order valence-electron chi connectivity index (χ4n) is 2.80. The van der Waals surface area contributed by atoms with Gasteiger partial charge in [0, 0.05) is 29.6 Å². The molecule has 0 atom stereocenters. The van der Waals surface area contributed by atoms with Crippen molar-refractivity contribution in [2.75, 3.05) is 11.9 Å². The van der Waals surface area contributed by atoms with Gasteiger partial charge in [0.25, 0.3) is 5.91 Å². The number of amides is 2. The number of benzene rings is 1. The van der Waals surface area contributed by atoms with Gasteiger partial charge in [-0.15, -0.1) is 11.3 Å². The Kier molecular flexibility index (Phi) is 7.57. The van der Waals surface area contributed by atoms with E-state index < -0.39 is 5.41 Å². The Bertz CT molecular complexity index is 1010. The van der Waals surface area contributed by atoms with E-state index in [1.807, 2.05) is 38.3 Å². The molecule has 1 aromatic carbocycles. The predicted molar refractivity (Wildman–Crippen MR) is 122 cm³/mol. The zero-order valence-electron chi connectivity index (χ0n) is 18.1. The highest BCUT2D eigenvalue weighted by Crippen LogP contribution is 2.22. The van der Waals surface area contributed by atoms with Crippen molar-refractivity contribution in [3.8, 4) is 10.7 Å². The Morgan fingerprint density at radius 2 is 1.94 bits per heavy atom. The molecule has 0 aliphatic carbocycles.